The van der Waals surface area contributed by atoms with Crippen LogP contribution >= 0.6 is 12.2 Å². The molecule has 3 N–H and O–H groups in total. The molecule has 0 aliphatic carbocycles. The summed E-state index contributed by atoms with van der Waals surface area (Å²) in [5, 5.41) is 0. The van der Waals surface area contributed by atoms with Gasteiger partial charge in [-0.2, -0.15) is 0 Å². The van der Waals surface area contributed by atoms with Crippen LogP contribution in [0.5, 0.6) is 0 Å². The van der Waals surface area contributed by atoms with E-state index in [2.05, 4.69) is 4.98 Å². The lowest BCUT2D eigenvalue weighted by Gasteiger charge is -2.28. The number of carbonyl (C=O) groups excluding carboxylic acids is 1. The maximum absolute atomic E-state index is 14.3. The fraction of sp³-hybridized carbons (Fsp3) is 0.474. The van der Waals surface area contributed by atoms with Crippen LogP contribution in [0.1, 0.15) is 41.6 Å². The summed E-state index contributed by atoms with van der Waals surface area (Å²) in [7, 11) is 0. The average molecular weight is 429 g/mol. The van der Waals surface area contributed by atoms with Gasteiger partial charge in [-0.25, -0.2) is 17.6 Å². The smallest absolute Gasteiger partial charge is 0.226 e. The van der Waals surface area contributed by atoms with Gasteiger partial charge < -0.3 is 20.0 Å². The number of nitrogens with one attached hydrogen (secondary N) is 1. The highest BCUT2D eigenvalue weighted by Crippen LogP contribution is 2.40. The molecule has 0 saturated carbocycles. The van der Waals surface area contributed by atoms with Gasteiger partial charge in [-0.3, -0.25) is 4.79 Å². The largest absolute Gasteiger partial charge is 0.381 e. The van der Waals surface area contributed by atoms with Crippen molar-refractivity contribution in [1.82, 2.24) is 9.55 Å². The maximum Gasteiger partial charge on any atom is 0.226 e. The number of halogens is 4. The van der Waals surface area contributed by atoms with Gasteiger partial charge in [0.2, 0.25) is 5.91 Å². The number of H-pyrrole nitrogens is 1. The second kappa shape index (κ2) is 7.56. The van der Waals surface area contributed by atoms with Gasteiger partial charge in [0, 0.05) is 42.1 Å². The maximum atomic E-state index is 14.3. The number of nitrogens with two attached hydrogens (primary N) is 1. The van der Waals surface area contributed by atoms with Crippen molar-refractivity contribution in [2.75, 3.05) is 13.2 Å². The van der Waals surface area contributed by atoms with Crippen LogP contribution in [-0.2, 0) is 22.5 Å². The number of rotatable bonds is 4. The number of primary amides is 1. The summed E-state index contributed by atoms with van der Waals surface area (Å²) in [4.78, 5) is 15.2. The number of hydrogen-bond acceptors (Lipinski definition) is 3. The molecule has 0 radical (unpaired) electrons. The third-order valence-corrected chi connectivity index (χ3v) is 6.13. The van der Waals surface area contributed by atoms with Gasteiger partial charge in [-0.1, -0.05) is 0 Å². The molecule has 1 saturated heterocycles. The first-order valence-corrected chi connectivity index (χ1v) is 9.72. The molecule has 5 nitrogen and oxygen atoms in total. The van der Waals surface area contributed by atoms with Crippen molar-refractivity contribution in [2.24, 2.45) is 11.7 Å². The van der Waals surface area contributed by atoms with Crippen LogP contribution in [0, 0.1) is 34.0 Å². The van der Waals surface area contributed by atoms with Crippen molar-refractivity contribution >= 4 is 18.1 Å². The molecule has 0 spiro atoms. The highest BCUT2D eigenvalue weighted by Gasteiger charge is 2.38. The highest BCUT2D eigenvalue weighted by atomic mass is 32.1. The molecule has 1 aromatic heterocycles. The molecule has 156 valence electrons. The first-order valence-electron chi connectivity index (χ1n) is 9.31. The molecule has 3 atom stereocenters. The topological polar surface area (TPSA) is 73.0 Å². The lowest BCUT2D eigenvalue weighted by atomic mass is 9.83. The molecule has 2 aromatic rings. The van der Waals surface area contributed by atoms with E-state index in [0.717, 1.165) is 12.8 Å². The number of carbonyl (C=O) groups is 1. The van der Waals surface area contributed by atoms with Gasteiger partial charge in [-0.15, -0.1) is 0 Å². The number of amides is 1. The van der Waals surface area contributed by atoms with E-state index in [9.17, 15) is 22.4 Å². The number of imidazole rings is 1. The SMILES string of the molecule is NC(=O)C(c1[nH]c(=S)n2c1C[C@H](c1c(F)c(F)cc(F)c1F)C2)[C@H]1CCCOC1. The minimum Gasteiger partial charge on any atom is -0.381 e. The molecule has 2 aliphatic rings. The first kappa shape index (κ1) is 20.1. The minimum atomic E-state index is -1.45. The molecule has 3 heterocycles. The van der Waals surface area contributed by atoms with E-state index in [1.807, 2.05) is 0 Å². The normalized spacial score (nSPS) is 22.5. The molecule has 1 aromatic carbocycles. The van der Waals surface area contributed by atoms with E-state index in [0.29, 0.717) is 24.6 Å². The van der Waals surface area contributed by atoms with Crippen molar-refractivity contribution in [2.45, 2.75) is 37.6 Å². The predicted molar refractivity (Wildman–Crippen MR) is 97.8 cm³/mol. The molecule has 29 heavy (non-hydrogen) atoms. The van der Waals surface area contributed by atoms with E-state index >= 15 is 0 Å². The Bertz CT molecular complexity index is 1000. The summed E-state index contributed by atoms with van der Waals surface area (Å²) in [5.41, 5.74) is 6.06. The van der Waals surface area contributed by atoms with E-state index in [-0.39, 0.29) is 29.7 Å². The predicted octanol–water partition coefficient (Wildman–Crippen LogP) is 3.44. The number of nitrogens with zero attached hydrogens (tertiary/aromatic N) is 1. The molecular formula is C19H19F4N3O2S. The number of aromatic amines is 1. The zero-order valence-electron chi connectivity index (χ0n) is 15.3. The third-order valence-electron chi connectivity index (χ3n) is 5.80. The van der Waals surface area contributed by atoms with Crippen LogP contribution in [0.4, 0.5) is 17.6 Å². The number of aromatic nitrogens is 2. The minimum absolute atomic E-state index is 0.0358. The van der Waals surface area contributed by atoms with E-state index in [4.69, 9.17) is 22.7 Å². The van der Waals surface area contributed by atoms with E-state index < -0.39 is 46.6 Å². The second-order valence-corrected chi connectivity index (χ2v) is 7.93. The number of hydrogen-bond donors (Lipinski definition) is 2. The van der Waals surface area contributed by atoms with E-state index in [1.54, 1.807) is 4.57 Å². The molecule has 1 unspecified atom stereocenters. The highest BCUT2D eigenvalue weighted by molar-refractivity contribution is 7.71. The van der Waals surface area contributed by atoms with Crippen LogP contribution < -0.4 is 5.73 Å². The first-order chi connectivity index (χ1) is 13.8. The monoisotopic (exact) mass is 429 g/mol. The molecule has 0 bridgehead atoms. The third kappa shape index (κ3) is 3.38. The van der Waals surface area contributed by atoms with Crippen LogP contribution in [0.2, 0.25) is 0 Å². The van der Waals surface area contributed by atoms with Gasteiger partial charge >= 0.3 is 0 Å². The van der Waals surface area contributed by atoms with Crippen LogP contribution in [0.3, 0.4) is 0 Å². The Morgan fingerprint density at radius 2 is 1.97 bits per heavy atom. The van der Waals surface area contributed by atoms with Crippen molar-refractivity contribution in [3.63, 3.8) is 0 Å². The zero-order valence-corrected chi connectivity index (χ0v) is 16.1. The quantitative estimate of drug-likeness (QED) is 0.444. The Balaban J connectivity index is 1.73. The van der Waals surface area contributed by atoms with E-state index in [1.165, 1.54) is 0 Å². The number of fused-ring (bicyclic) bond motifs is 1. The molecule has 1 fully saturated rings. The Morgan fingerprint density at radius 3 is 2.55 bits per heavy atom. The van der Waals surface area contributed by atoms with Crippen molar-refractivity contribution in [1.29, 1.82) is 0 Å². The summed E-state index contributed by atoms with van der Waals surface area (Å²) >= 11 is 5.32. The fourth-order valence-corrected chi connectivity index (χ4v) is 4.79. The summed E-state index contributed by atoms with van der Waals surface area (Å²) in [6.07, 6.45) is 1.59. The Hall–Kier alpha value is -2.20. The summed E-state index contributed by atoms with van der Waals surface area (Å²) in [6, 6.07) is 0.188. The Kier molecular flexibility index (Phi) is 5.24. The number of benzene rings is 1. The second-order valence-electron chi connectivity index (χ2n) is 7.54. The lowest BCUT2D eigenvalue weighted by Crippen LogP contribution is -2.33. The van der Waals surface area contributed by atoms with Gasteiger partial charge in [0.25, 0.3) is 0 Å². The van der Waals surface area contributed by atoms with Gasteiger partial charge in [0.15, 0.2) is 28.0 Å². The van der Waals surface area contributed by atoms with Crippen LogP contribution in [0.15, 0.2) is 6.07 Å². The van der Waals surface area contributed by atoms with Crippen molar-refractivity contribution in [3.8, 4) is 0 Å². The molecule has 4 rings (SSSR count). The van der Waals surface area contributed by atoms with Gasteiger partial charge in [0.05, 0.1) is 12.5 Å². The zero-order chi connectivity index (χ0) is 20.9. The average Bonchev–Trinajstić information content (AvgIpc) is 3.23. The van der Waals surface area contributed by atoms with Crippen LogP contribution in [-0.4, -0.2) is 28.7 Å². The molecule has 1 amide bonds. The van der Waals surface area contributed by atoms with Gasteiger partial charge in [-0.05, 0) is 37.4 Å². The number of ether oxygens (including phenoxy) is 1. The molecule has 10 heteroatoms. The van der Waals surface area contributed by atoms with Crippen molar-refractivity contribution < 1.29 is 27.1 Å². The van der Waals surface area contributed by atoms with Crippen molar-refractivity contribution in [3.05, 3.63) is 51.1 Å². The van der Waals surface area contributed by atoms with Gasteiger partial charge in [0.1, 0.15) is 0 Å². The standard InChI is InChI=1S/C19H19F4N3O2S/c20-10-5-11(21)16(23)13(15(10)22)9-4-12-17(25-19(29)26(12)6-9)14(18(24)27)8-2-1-3-28-7-8/h5,8-9,14H,1-4,6-7H2,(H2,24,27)(H,25,29)/t8-,9-,14?/m0/s1. The fourth-order valence-electron chi connectivity index (χ4n) is 4.49. The summed E-state index contributed by atoms with van der Waals surface area (Å²) in [6.45, 7) is 1.01. The van der Waals surface area contributed by atoms with Crippen LogP contribution in [0.25, 0.3) is 0 Å². The lowest BCUT2D eigenvalue weighted by molar-refractivity contribution is -0.122. The summed E-state index contributed by atoms with van der Waals surface area (Å²) in [5.74, 6) is -8.00. The Labute approximate surface area is 168 Å². The summed E-state index contributed by atoms with van der Waals surface area (Å²) < 4.78 is 63.3. The molecular weight excluding hydrogens is 410 g/mol. The Morgan fingerprint density at radius 1 is 1.28 bits per heavy atom. The molecule has 2 aliphatic heterocycles.